The standard InChI is InChI=1S/C4H10O4S/c1-3(5)4(6)2-9(7)8/h3-6H,2H2,1H3,(H,7,8). The van der Waals surface area contributed by atoms with Gasteiger partial charge in [-0.05, 0) is 6.92 Å². The fraction of sp³-hybridized carbons (Fsp3) is 1.00. The SMILES string of the molecule is CC(O)C(O)CS(=O)O. The van der Waals surface area contributed by atoms with Gasteiger partial charge in [-0.1, -0.05) is 0 Å². The third-order valence-corrected chi connectivity index (χ3v) is 1.50. The lowest BCUT2D eigenvalue weighted by Crippen LogP contribution is -2.28. The van der Waals surface area contributed by atoms with E-state index in [2.05, 4.69) is 0 Å². The second-order valence-corrected chi connectivity index (χ2v) is 2.77. The summed E-state index contributed by atoms with van der Waals surface area (Å²) in [6, 6.07) is 0. The van der Waals surface area contributed by atoms with Gasteiger partial charge in [-0.25, -0.2) is 4.21 Å². The van der Waals surface area contributed by atoms with Gasteiger partial charge in [0.15, 0.2) is 11.1 Å². The summed E-state index contributed by atoms with van der Waals surface area (Å²) in [7, 11) is 0. The van der Waals surface area contributed by atoms with Crippen LogP contribution in [-0.4, -0.2) is 36.9 Å². The molecule has 0 saturated heterocycles. The maximum atomic E-state index is 9.95. The van der Waals surface area contributed by atoms with E-state index < -0.39 is 23.3 Å². The first kappa shape index (κ1) is 9.03. The van der Waals surface area contributed by atoms with Crippen molar-refractivity contribution in [3.8, 4) is 0 Å². The van der Waals surface area contributed by atoms with Gasteiger partial charge < -0.3 is 14.8 Å². The zero-order valence-corrected chi connectivity index (χ0v) is 5.84. The summed E-state index contributed by atoms with van der Waals surface area (Å²) in [5.74, 6) is -0.294. The molecule has 0 aliphatic rings. The van der Waals surface area contributed by atoms with E-state index in [-0.39, 0.29) is 5.75 Å². The van der Waals surface area contributed by atoms with Gasteiger partial charge in [0.2, 0.25) is 0 Å². The minimum Gasteiger partial charge on any atom is -0.391 e. The Bertz CT molecular complexity index is 103. The molecule has 3 unspecified atom stereocenters. The monoisotopic (exact) mass is 154 g/mol. The van der Waals surface area contributed by atoms with Gasteiger partial charge in [0.05, 0.1) is 18.0 Å². The summed E-state index contributed by atoms with van der Waals surface area (Å²) in [6.07, 6.45) is -2.04. The van der Waals surface area contributed by atoms with E-state index >= 15 is 0 Å². The summed E-state index contributed by atoms with van der Waals surface area (Å²) >= 11 is -2.03. The van der Waals surface area contributed by atoms with Gasteiger partial charge in [0, 0.05) is 0 Å². The third kappa shape index (κ3) is 4.53. The topological polar surface area (TPSA) is 77.8 Å². The van der Waals surface area contributed by atoms with Crippen molar-refractivity contribution in [2.45, 2.75) is 19.1 Å². The van der Waals surface area contributed by atoms with Gasteiger partial charge in [0.25, 0.3) is 0 Å². The predicted octanol–water partition coefficient (Wildman–Crippen LogP) is -1.05. The Morgan fingerprint density at radius 2 is 2.00 bits per heavy atom. The molecule has 56 valence electrons. The van der Waals surface area contributed by atoms with Crippen LogP contribution in [-0.2, 0) is 11.1 Å². The van der Waals surface area contributed by atoms with E-state index in [1.165, 1.54) is 6.92 Å². The molecule has 0 aromatic rings. The van der Waals surface area contributed by atoms with E-state index in [9.17, 15) is 4.21 Å². The zero-order valence-electron chi connectivity index (χ0n) is 5.02. The molecule has 4 nitrogen and oxygen atoms in total. The number of hydrogen-bond acceptors (Lipinski definition) is 3. The minimum absolute atomic E-state index is 0.294. The van der Waals surface area contributed by atoms with Crippen molar-refractivity contribution in [2.75, 3.05) is 5.75 Å². The molecule has 9 heavy (non-hydrogen) atoms. The van der Waals surface area contributed by atoms with Crippen molar-refractivity contribution in [2.24, 2.45) is 0 Å². The number of rotatable bonds is 3. The number of aliphatic hydroxyl groups excluding tert-OH is 2. The third-order valence-electron chi connectivity index (χ3n) is 0.870. The Kier molecular flexibility index (Phi) is 3.96. The van der Waals surface area contributed by atoms with Crippen LogP contribution in [0.2, 0.25) is 0 Å². The maximum absolute atomic E-state index is 9.95. The minimum atomic E-state index is -2.03. The van der Waals surface area contributed by atoms with Gasteiger partial charge >= 0.3 is 0 Å². The lowest BCUT2D eigenvalue weighted by molar-refractivity contribution is 0.0456. The van der Waals surface area contributed by atoms with E-state index in [1.807, 2.05) is 0 Å². The molecular weight excluding hydrogens is 144 g/mol. The Labute approximate surface area is 55.8 Å². The summed E-state index contributed by atoms with van der Waals surface area (Å²) in [5.41, 5.74) is 0. The van der Waals surface area contributed by atoms with Crippen LogP contribution in [0.5, 0.6) is 0 Å². The highest BCUT2D eigenvalue weighted by molar-refractivity contribution is 7.79. The van der Waals surface area contributed by atoms with Crippen LogP contribution in [0.4, 0.5) is 0 Å². The molecule has 0 bridgehead atoms. The molecule has 3 N–H and O–H groups in total. The summed E-state index contributed by atoms with van der Waals surface area (Å²) in [5, 5.41) is 17.3. The molecule has 0 rings (SSSR count). The highest BCUT2D eigenvalue weighted by atomic mass is 32.2. The van der Waals surface area contributed by atoms with E-state index in [1.54, 1.807) is 0 Å². The van der Waals surface area contributed by atoms with Crippen LogP contribution in [0.15, 0.2) is 0 Å². The normalized spacial score (nSPS) is 20.9. The second kappa shape index (κ2) is 3.94. The van der Waals surface area contributed by atoms with Crippen molar-refractivity contribution >= 4 is 11.1 Å². The molecule has 0 amide bonds. The largest absolute Gasteiger partial charge is 0.391 e. The first-order chi connectivity index (χ1) is 4.04. The highest BCUT2D eigenvalue weighted by Crippen LogP contribution is 1.92. The smallest absolute Gasteiger partial charge is 0.155 e. The molecular formula is C4H10O4S. The summed E-state index contributed by atoms with van der Waals surface area (Å²) in [4.78, 5) is 0. The summed E-state index contributed by atoms with van der Waals surface area (Å²) < 4.78 is 18.1. The fourth-order valence-electron chi connectivity index (χ4n) is 0.285. The Morgan fingerprint density at radius 1 is 1.56 bits per heavy atom. The van der Waals surface area contributed by atoms with Gasteiger partial charge in [-0.3, -0.25) is 0 Å². The molecule has 0 heterocycles. The van der Waals surface area contributed by atoms with E-state index in [0.717, 1.165) is 0 Å². The average Bonchev–Trinajstić information content (AvgIpc) is 1.63. The molecule has 0 aromatic heterocycles. The van der Waals surface area contributed by atoms with Crippen LogP contribution < -0.4 is 0 Å². The zero-order chi connectivity index (χ0) is 7.44. The van der Waals surface area contributed by atoms with Crippen LogP contribution >= 0.6 is 0 Å². The first-order valence-corrected chi connectivity index (χ1v) is 3.75. The Balaban J connectivity index is 3.50. The van der Waals surface area contributed by atoms with Crippen LogP contribution in [0, 0.1) is 0 Å². The van der Waals surface area contributed by atoms with Crippen LogP contribution in [0.3, 0.4) is 0 Å². The molecule has 0 aliphatic carbocycles. The average molecular weight is 154 g/mol. The van der Waals surface area contributed by atoms with Crippen molar-refractivity contribution in [1.29, 1.82) is 0 Å². The molecule has 5 heteroatoms. The molecule has 0 fully saturated rings. The van der Waals surface area contributed by atoms with Gasteiger partial charge in [-0.2, -0.15) is 0 Å². The molecule has 0 aliphatic heterocycles. The van der Waals surface area contributed by atoms with E-state index in [4.69, 9.17) is 14.8 Å². The lowest BCUT2D eigenvalue weighted by Gasteiger charge is -2.09. The second-order valence-electron chi connectivity index (χ2n) is 1.80. The highest BCUT2D eigenvalue weighted by Gasteiger charge is 2.12. The van der Waals surface area contributed by atoms with Gasteiger partial charge in [0.1, 0.15) is 0 Å². The lowest BCUT2D eigenvalue weighted by atomic mass is 10.3. The Morgan fingerprint density at radius 3 is 2.11 bits per heavy atom. The number of aliphatic hydroxyl groups is 2. The van der Waals surface area contributed by atoms with Crippen molar-refractivity contribution in [1.82, 2.24) is 0 Å². The number of hydrogen-bond donors (Lipinski definition) is 3. The maximum Gasteiger partial charge on any atom is 0.155 e. The van der Waals surface area contributed by atoms with E-state index in [0.29, 0.717) is 0 Å². The molecule has 0 aromatic carbocycles. The van der Waals surface area contributed by atoms with Gasteiger partial charge in [-0.15, -0.1) is 0 Å². The molecule has 0 saturated carbocycles. The van der Waals surface area contributed by atoms with Crippen LogP contribution in [0.1, 0.15) is 6.92 Å². The van der Waals surface area contributed by atoms with Crippen molar-refractivity contribution in [3.05, 3.63) is 0 Å². The summed E-state index contributed by atoms with van der Waals surface area (Å²) in [6.45, 7) is 1.36. The molecule has 3 atom stereocenters. The fourth-order valence-corrected chi connectivity index (χ4v) is 0.856. The predicted molar refractivity (Wildman–Crippen MR) is 33.3 cm³/mol. The quantitative estimate of drug-likeness (QED) is 0.453. The van der Waals surface area contributed by atoms with Crippen molar-refractivity contribution in [3.63, 3.8) is 0 Å². The van der Waals surface area contributed by atoms with Crippen LogP contribution in [0.25, 0.3) is 0 Å². The van der Waals surface area contributed by atoms with Crippen molar-refractivity contribution < 1.29 is 19.0 Å². The molecule has 0 radical (unpaired) electrons. The Hall–Kier alpha value is 0.0300. The molecule has 0 spiro atoms. The first-order valence-electron chi connectivity index (χ1n) is 2.47.